The van der Waals surface area contributed by atoms with E-state index in [1.165, 1.54) is 6.20 Å². The third-order valence-electron chi connectivity index (χ3n) is 4.63. The standard InChI is InChI=1S/C18H28N6O2/c1-5-11(2)21-16-14(15(19)25)10-20-18(23-16)22-13-8-6-12(7-9-13)17(26)24(3)4/h10,12-13H,2,5-9H2,1,3-4H3,(H2,19,25)(H2,20,21,22,23)/t12-,13-. The van der Waals surface area contributed by atoms with Crippen LogP contribution in [0.25, 0.3) is 0 Å². The number of carbonyl (C=O) groups excluding carboxylic acids is 2. The normalized spacial score (nSPS) is 19.5. The molecule has 0 unspecified atom stereocenters. The summed E-state index contributed by atoms with van der Waals surface area (Å²) in [5.41, 5.74) is 6.35. The summed E-state index contributed by atoms with van der Waals surface area (Å²) in [4.78, 5) is 33.9. The Morgan fingerprint density at radius 3 is 2.50 bits per heavy atom. The van der Waals surface area contributed by atoms with Crippen LogP contribution in [0.5, 0.6) is 0 Å². The van der Waals surface area contributed by atoms with Crippen LogP contribution < -0.4 is 16.4 Å². The lowest BCUT2D eigenvalue weighted by Gasteiger charge is -2.30. The van der Waals surface area contributed by atoms with E-state index in [-0.39, 0.29) is 23.4 Å². The lowest BCUT2D eigenvalue weighted by Crippen LogP contribution is -2.35. The van der Waals surface area contributed by atoms with Crippen molar-refractivity contribution < 1.29 is 9.59 Å². The van der Waals surface area contributed by atoms with Crippen LogP contribution in [0.4, 0.5) is 11.8 Å². The number of rotatable bonds is 7. The fraction of sp³-hybridized carbons (Fsp3) is 0.556. The average molecular weight is 360 g/mol. The van der Waals surface area contributed by atoms with E-state index in [0.29, 0.717) is 18.2 Å². The molecule has 0 aliphatic heterocycles. The van der Waals surface area contributed by atoms with Crippen LogP contribution in [-0.4, -0.2) is 46.8 Å². The molecule has 1 aromatic heterocycles. The van der Waals surface area contributed by atoms with Gasteiger partial charge < -0.3 is 21.3 Å². The van der Waals surface area contributed by atoms with E-state index >= 15 is 0 Å². The highest BCUT2D eigenvalue weighted by atomic mass is 16.2. The SMILES string of the molecule is C=C(CC)Nc1nc(N[C@H]2CC[C@H](C(=O)N(C)C)CC2)ncc1C(N)=O. The number of nitrogens with two attached hydrogens (primary N) is 1. The molecule has 142 valence electrons. The van der Waals surface area contributed by atoms with Crippen LogP contribution in [0, 0.1) is 5.92 Å². The smallest absolute Gasteiger partial charge is 0.254 e. The molecule has 2 amide bonds. The first-order valence-electron chi connectivity index (χ1n) is 8.91. The van der Waals surface area contributed by atoms with Gasteiger partial charge in [0, 0.05) is 37.9 Å². The summed E-state index contributed by atoms with van der Waals surface area (Å²) in [6, 6.07) is 0.197. The molecule has 0 radical (unpaired) electrons. The van der Waals surface area contributed by atoms with Crippen molar-refractivity contribution in [2.45, 2.75) is 45.1 Å². The van der Waals surface area contributed by atoms with Gasteiger partial charge in [-0.05, 0) is 32.1 Å². The maximum Gasteiger partial charge on any atom is 0.254 e. The van der Waals surface area contributed by atoms with E-state index in [4.69, 9.17) is 5.73 Å². The second-order valence-corrected chi connectivity index (χ2v) is 6.83. The van der Waals surface area contributed by atoms with Crippen LogP contribution in [-0.2, 0) is 4.79 Å². The largest absolute Gasteiger partial charge is 0.365 e. The monoisotopic (exact) mass is 360 g/mol. The van der Waals surface area contributed by atoms with Crippen molar-refractivity contribution in [3.05, 3.63) is 24.0 Å². The number of anilines is 2. The summed E-state index contributed by atoms with van der Waals surface area (Å²) in [5.74, 6) is 0.481. The van der Waals surface area contributed by atoms with Gasteiger partial charge in [-0.15, -0.1) is 0 Å². The minimum Gasteiger partial charge on any atom is -0.365 e. The van der Waals surface area contributed by atoms with Gasteiger partial charge in [-0.3, -0.25) is 9.59 Å². The molecule has 4 N–H and O–H groups in total. The van der Waals surface area contributed by atoms with Gasteiger partial charge in [0.1, 0.15) is 11.4 Å². The summed E-state index contributed by atoms with van der Waals surface area (Å²) in [6.07, 6.45) is 5.54. The molecule has 0 saturated heterocycles. The minimum atomic E-state index is -0.592. The average Bonchev–Trinajstić information content (AvgIpc) is 2.61. The Balaban J connectivity index is 2.04. The molecule has 1 heterocycles. The zero-order valence-corrected chi connectivity index (χ0v) is 15.7. The zero-order valence-electron chi connectivity index (χ0n) is 15.7. The Kier molecular flexibility index (Phi) is 6.54. The molecule has 2 rings (SSSR count). The van der Waals surface area contributed by atoms with Gasteiger partial charge >= 0.3 is 0 Å². The highest BCUT2D eigenvalue weighted by Gasteiger charge is 2.27. The summed E-state index contributed by atoms with van der Waals surface area (Å²) in [7, 11) is 3.58. The number of carbonyl (C=O) groups is 2. The Morgan fingerprint density at radius 1 is 1.31 bits per heavy atom. The van der Waals surface area contributed by atoms with E-state index in [1.54, 1.807) is 19.0 Å². The maximum absolute atomic E-state index is 12.1. The van der Waals surface area contributed by atoms with Crippen LogP contribution in [0.15, 0.2) is 18.5 Å². The first-order chi connectivity index (χ1) is 12.3. The first-order valence-corrected chi connectivity index (χ1v) is 8.91. The molecule has 26 heavy (non-hydrogen) atoms. The van der Waals surface area contributed by atoms with Crippen LogP contribution >= 0.6 is 0 Å². The number of allylic oxidation sites excluding steroid dienone is 1. The molecule has 1 fully saturated rings. The topological polar surface area (TPSA) is 113 Å². The molecule has 0 bridgehead atoms. The molecule has 0 spiro atoms. The van der Waals surface area contributed by atoms with Gasteiger partial charge in [0.25, 0.3) is 5.91 Å². The van der Waals surface area contributed by atoms with Crippen molar-refractivity contribution in [2.75, 3.05) is 24.7 Å². The Morgan fingerprint density at radius 2 is 1.96 bits per heavy atom. The van der Waals surface area contributed by atoms with Gasteiger partial charge in [-0.25, -0.2) is 4.98 Å². The summed E-state index contributed by atoms with van der Waals surface area (Å²) in [5, 5.41) is 6.32. The Labute approximate surface area is 154 Å². The molecular weight excluding hydrogens is 332 g/mol. The van der Waals surface area contributed by atoms with Crippen molar-refractivity contribution in [3.8, 4) is 0 Å². The second-order valence-electron chi connectivity index (χ2n) is 6.83. The molecule has 1 aliphatic rings. The number of amides is 2. The van der Waals surface area contributed by atoms with E-state index < -0.39 is 5.91 Å². The van der Waals surface area contributed by atoms with Crippen molar-refractivity contribution in [1.29, 1.82) is 0 Å². The second kappa shape index (κ2) is 8.64. The van der Waals surface area contributed by atoms with Crippen molar-refractivity contribution >= 4 is 23.6 Å². The fourth-order valence-corrected chi connectivity index (χ4v) is 3.02. The van der Waals surface area contributed by atoms with Gasteiger partial charge in [0.2, 0.25) is 11.9 Å². The van der Waals surface area contributed by atoms with E-state index in [0.717, 1.165) is 31.4 Å². The van der Waals surface area contributed by atoms with Crippen LogP contribution in [0.1, 0.15) is 49.4 Å². The minimum absolute atomic E-state index is 0.0892. The highest BCUT2D eigenvalue weighted by Crippen LogP contribution is 2.27. The summed E-state index contributed by atoms with van der Waals surface area (Å²) in [6.45, 7) is 5.82. The van der Waals surface area contributed by atoms with Crippen molar-refractivity contribution in [1.82, 2.24) is 14.9 Å². The van der Waals surface area contributed by atoms with E-state index in [9.17, 15) is 9.59 Å². The lowest BCUT2D eigenvalue weighted by molar-refractivity contribution is -0.133. The zero-order chi connectivity index (χ0) is 19.3. The van der Waals surface area contributed by atoms with Crippen molar-refractivity contribution in [3.63, 3.8) is 0 Å². The number of hydrogen-bond acceptors (Lipinski definition) is 6. The molecule has 1 saturated carbocycles. The van der Waals surface area contributed by atoms with Crippen LogP contribution in [0.2, 0.25) is 0 Å². The predicted molar refractivity (Wildman–Crippen MR) is 102 cm³/mol. The molecule has 1 aromatic rings. The van der Waals surface area contributed by atoms with Crippen molar-refractivity contribution in [2.24, 2.45) is 11.7 Å². The van der Waals surface area contributed by atoms with Gasteiger partial charge in [-0.1, -0.05) is 13.5 Å². The number of aromatic nitrogens is 2. The Hall–Kier alpha value is -2.64. The third kappa shape index (κ3) is 4.93. The molecule has 8 nitrogen and oxygen atoms in total. The van der Waals surface area contributed by atoms with E-state index in [2.05, 4.69) is 27.2 Å². The molecule has 0 aromatic carbocycles. The van der Waals surface area contributed by atoms with Crippen LogP contribution in [0.3, 0.4) is 0 Å². The number of nitrogens with zero attached hydrogens (tertiary/aromatic N) is 3. The van der Waals surface area contributed by atoms with Gasteiger partial charge in [0.15, 0.2) is 0 Å². The highest BCUT2D eigenvalue weighted by molar-refractivity contribution is 5.97. The molecular formula is C18H28N6O2. The maximum atomic E-state index is 12.1. The quantitative estimate of drug-likeness (QED) is 0.685. The van der Waals surface area contributed by atoms with E-state index in [1.807, 2.05) is 6.92 Å². The number of nitrogens with one attached hydrogen (secondary N) is 2. The van der Waals surface area contributed by atoms with Gasteiger partial charge in [-0.2, -0.15) is 4.98 Å². The molecule has 1 aliphatic carbocycles. The number of primary amides is 1. The fourth-order valence-electron chi connectivity index (χ4n) is 3.02. The molecule has 8 heteroatoms. The lowest BCUT2D eigenvalue weighted by atomic mass is 9.85. The predicted octanol–water partition coefficient (Wildman–Crippen LogP) is 1.97. The first kappa shape index (κ1) is 19.7. The third-order valence-corrected chi connectivity index (χ3v) is 4.63. The number of hydrogen-bond donors (Lipinski definition) is 3. The molecule has 0 atom stereocenters. The summed E-state index contributed by atoms with van der Waals surface area (Å²) < 4.78 is 0. The Bertz CT molecular complexity index is 680. The van der Waals surface area contributed by atoms with Gasteiger partial charge in [0.05, 0.1) is 0 Å². The summed E-state index contributed by atoms with van der Waals surface area (Å²) >= 11 is 0.